The van der Waals surface area contributed by atoms with E-state index in [0.29, 0.717) is 24.6 Å². The summed E-state index contributed by atoms with van der Waals surface area (Å²) >= 11 is 3.43. The predicted octanol–water partition coefficient (Wildman–Crippen LogP) is 3.56. The molecule has 0 aromatic carbocycles. The minimum absolute atomic E-state index is 0.0498. The van der Waals surface area contributed by atoms with Crippen molar-refractivity contribution < 1.29 is 4.79 Å². The van der Waals surface area contributed by atoms with E-state index in [1.807, 2.05) is 17.2 Å². The first-order valence-corrected chi connectivity index (χ1v) is 8.23. The molecule has 1 aliphatic rings. The molecule has 3 rings (SSSR count). The Morgan fingerprint density at radius 3 is 2.73 bits per heavy atom. The van der Waals surface area contributed by atoms with Gasteiger partial charge in [0.1, 0.15) is 0 Å². The molecule has 1 aliphatic heterocycles. The van der Waals surface area contributed by atoms with Crippen LogP contribution in [0.1, 0.15) is 47.1 Å². The average molecular weight is 360 g/mol. The second-order valence-corrected chi connectivity index (χ2v) is 6.68. The number of halogens is 1. The third-order valence-electron chi connectivity index (χ3n) is 3.97. The Morgan fingerprint density at radius 2 is 2.09 bits per heavy atom. The summed E-state index contributed by atoms with van der Waals surface area (Å²) < 4.78 is 0.824. The predicted molar refractivity (Wildman–Crippen MR) is 88.7 cm³/mol. The van der Waals surface area contributed by atoms with Crippen LogP contribution in [0.15, 0.2) is 35.1 Å². The average Bonchev–Trinajstić information content (AvgIpc) is 2.83. The van der Waals surface area contributed by atoms with E-state index in [4.69, 9.17) is 0 Å². The number of fused-ring (bicyclic) bond motifs is 1. The lowest BCUT2D eigenvalue weighted by molar-refractivity contribution is 0.0779. The zero-order chi connectivity index (χ0) is 15.7. The van der Waals surface area contributed by atoms with Crippen molar-refractivity contribution in [1.29, 1.82) is 0 Å². The molecular formula is C17H18BrN3O. The Balaban J connectivity index is 1.66. The van der Waals surface area contributed by atoms with Gasteiger partial charge in [0.2, 0.25) is 0 Å². The van der Waals surface area contributed by atoms with Crippen LogP contribution in [0.5, 0.6) is 0 Å². The molecule has 1 amide bonds. The first-order valence-electron chi connectivity index (χ1n) is 7.43. The van der Waals surface area contributed by atoms with E-state index in [1.165, 1.54) is 5.56 Å². The zero-order valence-corrected chi connectivity index (χ0v) is 14.3. The number of nitrogens with zero attached hydrogens (tertiary/aromatic N) is 3. The molecule has 22 heavy (non-hydrogen) atoms. The molecule has 0 unspecified atom stereocenters. The van der Waals surface area contributed by atoms with Gasteiger partial charge in [-0.15, -0.1) is 0 Å². The molecule has 0 aliphatic carbocycles. The van der Waals surface area contributed by atoms with Crippen molar-refractivity contribution in [1.82, 2.24) is 14.9 Å². The summed E-state index contributed by atoms with van der Waals surface area (Å²) in [6.45, 7) is 5.55. The van der Waals surface area contributed by atoms with Gasteiger partial charge in [-0.05, 0) is 39.5 Å². The number of rotatable bonds is 4. The number of hydrogen-bond acceptors (Lipinski definition) is 3. The van der Waals surface area contributed by atoms with Crippen molar-refractivity contribution in [2.75, 3.05) is 6.54 Å². The van der Waals surface area contributed by atoms with E-state index in [9.17, 15) is 4.79 Å². The summed E-state index contributed by atoms with van der Waals surface area (Å²) in [7, 11) is 0. The standard InChI is InChI=1S/C17H18BrN3O/c1-11(2)12-3-4-13(20-9-12)6-8-21-10-15-16(17(21)22)14(18)5-7-19-15/h3-5,7,9,11H,6,8,10H2,1-2H3. The minimum Gasteiger partial charge on any atom is -0.332 e. The molecule has 2 aromatic heterocycles. The summed E-state index contributed by atoms with van der Waals surface area (Å²) in [6.07, 6.45) is 4.42. The van der Waals surface area contributed by atoms with Gasteiger partial charge in [-0.25, -0.2) is 0 Å². The van der Waals surface area contributed by atoms with E-state index in [2.05, 4.69) is 51.9 Å². The van der Waals surface area contributed by atoms with Crippen molar-refractivity contribution in [2.45, 2.75) is 32.7 Å². The fraction of sp³-hybridized carbons (Fsp3) is 0.353. The van der Waals surface area contributed by atoms with Crippen LogP contribution in [0, 0.1) is 0 Å². The maximum atomic E-state index is 12.4. The van der Waals surface area contributed by atoms with E-state index >= 15 is 0 Å². The van der Waals surface area contributed by atoms with Crippen LogP contribution in [0.4, 0.5) is 0 Å². The van der Waals surface area contributed by atoms with Gasteiger partial charge in [0.25, 0.3) is 5.91 Å². The van der Waals surface area contributed by atoms with E-state index in [1.54, 1.807) is 6.20 Å². The fourth-order valence-corrected chi connectivity index (χ4v) is 3.11. The molecule has 0 saturated heterocycles. The van der Waals surface area contributed by atoms with Crippen LogP contribution in [0.3, 0.4) is 0 Å². The van der Waals surface area contributed by atoms with Crippen molar-refractivity contribution in [3.05, 3.63) is 57.6 Å². The Hall–Kier alpha value is -1.75. The summed E-state index contributed by atoms with van der Waals surface area (Å²) in [5, 5.41) is 0. The Labute approximate surface area is 138 Å². The molecule has 0 radical (unpaired) electrons. The topological polar surface area (TPSA) is 46.1 Å². The molecule has 0 atom stereocenters. The molecule has 4 nitrogen and oxygen atoms in total. The second kappa shape index (κ2) is 6.16. The van der Waals surface area contributed by atoms with Crippen LogP contribution in [0.25, 0.3) is 0 Å². The van der Waals surface area contributed by atoms with Gasteiger partial charge in [-0.2, -0.15) is 0 Å². The highest BCUT2D eigenvalue weighted by Gasteiger charge is 2.30. The first-order chi connectivity index (χ1) is 10.6. The summed E-state index contributed by atoms with van der Waals surface area (Å²) in [6, 6.07) is 5.98. The lowest BCUT2D eigenvalue weighted by Crippen LogP contribution is -2.26. The maximum absolute atomic E-state index is 12.4. The van der Waals surface area contributed by atoms with Crippen molar-refractivity contribution in [2.24, 2.45) is 0 Å². The van der Waals surface area contributed by atoms with Gasteiger partial charge >= 0.3 is 0 Å². The normalized spacial score (nSPS) is 13.8. The molecule has 0 fully saturated rings. The molecule has 0 spiro atoms. The van der Waals surface area contributed by atoms with Gasteiger partial charge < -0.3 is 4.90 Å². The summed E-state index contributed by atoms with van der Waals surface area (Å²) in [5.41, 5.74) is 3.80. The summed E-state index contributed by atoms with van der Waals surface area (Å²) in [5.74, 6) is 0.536. The molecular weight excluding hydrogens is 342 g/mol. The van der Waals surface area contributed by atoms with Gasteiger partial charge in [0, 0.05) is 35.5 Å². The first kappa shape index (κ1) is 15.2. The van der Waals surface area contributed by atoms with Crippen LogP contribution >= 0.6 is 15.9 Å². The number of carbonyl (C=O) groups excluding carboxylic acids is 1. The highest BCUT2D eigenvalue weighted by atomic mass is 79.9. The molecule has 2 aromatic rings. The number of hydrogen-bond donors (Lipinski definition) is 0. The quantitative estimate of drug-likeness (QED) is 0.838. The lowest BCUT2D eigenvalue weighted by Gasteiger charge is -2.15. The molecule has 0 saturated carbocycles. The number of aromatic nitrogens is 2. The number of amides is 1. The Kier molecular flexibility index (Phi) is 4.25. The summed E-state index contributed by atoms with van der Waals surface area (Å²) in [4.78, 5) is 23.0. The number of carbonyl (C=O) groups is 1. The number of pyridine rings is 2. The smallest absolute Gasteiger partial charge is 0.257 e. The lowest BCUT2D eigenvalue weighted by atomic mass is 10.1. The van der Waals surface area contributed by atoms with Crippen LogP contribution < -0.4 is 0 Å². The highest BCUT2D eigenvalue weighted by molar-refractivity contribution is 9.10. The van der Waals surface area contributed by atoms with Gasteiger partial charge in [-0.1, -0.05) is 19.9 Å². The van der Waals surface area contributed by atoms with E-state index < -0.39 is 0 Å². The van der Waals surface area contributed by atoms with Gasteiger partial charge in [-0.3, -0.25) is 14.8 Å². The van der Waals surface area contributed by atoms with Crippen LogP contribution in [-0.2, 0) is 13.0 Å². The largest absolute Gasteiger partial charge is 0.332 e. The van der Waals surface area contributed by atoms with Gasteiger partial charge in [0.15, 0.2) is 0 Å². The Bertz CT molecular complexity index is 698. The Morgan fingerprint density at radius 1 is 1.27 bits per heavy atom. The third-order valence-corrected chi connectivity index (χ3v) is 4.63. The highest BCUT2D eigenvalue weighted by Crippen LogP contribution is 2.27. The molecule has 114 valence electrons. The SMILES string of the molecule is CC(C)c1ccc(CCN2Cc3nccc(Br)c3C2=O)nc1. The minimum atomic E-state index is 0.0498. The molecule has 5 heteroatoms. The molecule has 0 bridgehead atoms. The van der Waals surface area contributed by atoms with E-state index in [-0.39, 0.29) is 5.91 Å². The fourth-order valence-electron chi connectivity index (χ4n) is 2.59. The van der Waals surface area contributed by atoms with E-state index in [0.717, 1.165) is 22.3 Å². The monoisotopic (exact) mass is 359 g/mol. The third kappa shape index (κ3) is 2.90. The van der Waals surface area contributed by atoms with Crippen molar-refractivity contribution in [3.63, 3.8) is 0 Å². The van der Waals surface area contributed by atoms with Crippen molar-refractivity contribution >= 4 is 21.8 Å². The molecule has 0 N–H and O–H groups in total. The maximum Gasteiger partial charge on any atom is 0.257 e. The van der Waals surface area contributed by atoms with Gasteiger partial charge in [0.05, 0.1) is 17.8 Å². The molecule has 3 heterocycles. The van der Waals surface area contributed by atoms with Crippen LogP contribution in [-0.4, -0.2) is 27.3 Å². The zero-order valence-electron chi connectivity index (χ0n) is 12.7. The van der Waals surface area contributed by atoms with Crippen molar-refractivity contribution in [3.8, 4) is 0 Å². The van der Waals surface area contributed by atoms with Crippen LogP contribution in [0.2, 0.25) is 0 Å². The second-order valence-electron chi connectivity index (χ2n) is 5.83.